The predicted octanol–water partition coefficient (Wildman–Crippen LogP) is 4.29. The molecule has 0 amide bonds. The van der Waals surface area contributed by atoms with Crippen molar-refractivity contribution in [2.75, 3.05) is 24.1 Å². The molecule has 1 aliphatic rings. The van der Waals surface area contributed by atoms with Crippen LogP contribution in [0.4, 0.5) is 11.6 Å². The Labute approximate surface area is 221 Å². The molecule has 38 heavy (non-hydrogen) atoms. The van der Waals surface area contributed by atoms with Gasteiger partial charge in [-0.05, 0) is 50.5 Å². The lowest BCUT2D eigenvalue weighted by atomic mass is 10.0. The first kappa shape index (κ1) is 24.1. The largest absolute Gasteiger partial charge is 0.383 e. The van der Waals surface area contributed by atoms with Crippen molar-refractivity contribution < 1.29 is 0 Å². The minimum absolute atomic E-state index is 0.252. The summed E-state index contributed by atoms with van der Waals surface area (Å²) in [5, 5.41) is 21.4. The molecule has 0 unspecified atom stereocenters. The molecule has 1 fully saturated rings. The molecule has 0 atom stereocenters. The molecule has 5 heterocycles. The van der Waals surface area contributed by atoms with Crippen molar-refractivity contribution in [3.05, 3.63) is 72.7 Å². The Kier molecular flexibility index (Phi) is 6.47. The second kappa shape index (κ2) is 10.2. The van der Waals surface area contributed by atoms with Crippen LogP contribution in [0.5, 0.6) is 0 Å². The van der Waals surface area contributed by atoms with Crippen LogP contribution in [-0.4, -0.2) is 58.6 Å². The molecule has 0 aliphatic carbocycles. The Hall–Kier alpha value is -4.31. The van der Waals surface area contributed by atoms with E-state index < -0.39 is 0 Å². The number of likely N-dealkylation sites (tertiary alicyclic amines) is 1. The Bertz CT molecular complexity index is 1530. The van der Waals surface area contributed by atoms with Gasteiger partial charge in [0.25, 0.3) is 0 Å². The van der Waals surface area contributed by atoms with Crippen molar-refractivity contribution in [3.63, 3.8) is 0 Å². The fourth-order valence-electron chi connectivity index (χ4n) is 5.01. The van der Waals surface area contributed by atoms with Gasteiger partial charge in [0.2, 0.25) is 0 Å². The van der Waals surface area contributed by atoms with E-state index >= 15 is 0 Å². The van der Waals surface area contributed by atoms with Crippen molar-refractivity contribution >= 4 is 17.3 Å². The lowest BCUT2D eigenvalue weighted by Crippen LogP contribution is -2.34. The third-order valence-corrected chi connectivity index (χ3v) is 6.97. The number of nitrogens with two attached hydrogens (primary N) is 1. The van der Waals surface area contributed by atoms with E-state index in [1.807, 2.05) is 24.4 Å². The summed E-state index contributed by atoms with van der Waals surface area (Å²) in [6, 6.07) is 17.1. The van der Waals surface area contributed by atoms with Gasteiger partial charge in [0.05, 0.1) is 17.8 Å². The average Bonchev–Trinajstić information content (AvgIpc) is 3.58. The number of aromatic nitrogens is 7. The molecule has 10 nitrogen and oxygen atoms in total. The first-order valence-corrected chi connectivity index (χ1v) is 13.1. The molecule has 0 radical (unpaired) electrons. The van der Waals surface area contributed by atoms with Crippen LogP contribution in [0.1, 0.15) is 38.3 Å². The molecule has 1 aromatic carbocycles. The van der Waals surface area contributed by atoms with Gasteiger partial charge in [-0.1, -0.05) is 30.3 Å². The number of rotatable bonds is 7. The Morgan fingerprint density at radius 2 is 1.82 bits per heavy atom. The summed E-state index contributed by atoms with van der Waals surface area (Å²) in [5.41, 5.74) is 10.9. The van der Waals surface area contributed by atoms with Gasteiger partial charge < -0.3 is 11.1 Å². The standard InChI is InChI=1S/C28H32N10/c1-19(2)32-25-8-9-26-33-34-28(38(26)35-25)24-14-21(15-30-27(24)29)22-16-31-37(18-22)23-10-12-36(13-11-23)17-20-6-4-3-5-7-20/h3-9,14-16,18-19,23H,10-13,17H2,1-2H3,(H2,29,30)(H,32,35). The summed E-state index contributed by atoms with van der Waals surface area (Å²) < 4.78 is 3.80. The van der Waals surface area contributed by atoms with E-state index in [0.717, 1.165) is 49.4 Å². The average molecular weight is 509 g/mol. The Morgan fingerprint density at radius 1 is 1.00 bits per heavy atom. The Morgan fingerprint density at radius 3 is 2.61 bits per heavy atom. The van der Waals surface area contributed by atoms with E-state index in [-0.39, 0.29) is 6.04 Å². The maximum Gasteiger partial charge on any atom is 0.189 e. The molecule has 4 aromatic heterocycles. The van der Waals surface area contributed by atoms with Gasteiger partial charge in [0.1, 0.15) is 11.6 Å². The molecule has 6 rings (SSSR count). The van der Waals surface area contributed by atoms with E-state index in [9.17, 15) is 0 Å². The van der Waals surface area contributed by atoms with E-state index in [1.165, 1.54) is 5.56 Å². The van der Waals surface area contributed by atoms with E-state index in [2.05, 4.69) is 85.6 Å². The van der Waals surface area contributed by atoms with Crippen molar-refractivity contribution in [1.29, 1.82) is 0 Å². The molecule has 0 saturated carbocycles. The van der Waals surface area contributed by atoms with Crippen LogP contribution >= 0.6 is 0 Å². The molecular formula is C28H32N10. The van der Waals surface area contributed by atoms with Crippen molar-refractivity contribution in [2.24, 2.45) is 0 Å². The number of nitrogens with zero attached hydrogens (tertiary/aromatic N) is 8. The van der Waals surface area contributed by atoms with Crippen LogP contribution in [0.25, 0.3) is 28.2 Å². The molecule has 10 heteroatoms. The molecule has 0 spiro atoms. The lowest BCUT2D eigenvalue weighted by molar-refractivity contribution is 0.173. The first-order valence-electron chi connectivity index (χ1n) is 13.1. The Balaban J connectivity index is 1.20. The second-order valence-electron chi connectivity index (χ2n) is 10.2. The number of hydrogen-bond acceptors (Lipinski definition) is 8. The lowest BCUT2D eigenvalue weighted by Gasteiger charge is -2.32. The van der Waals surface area contributed by atoms with Gasteiger partial charge in [0.15, 0.2) is 11.5 Å². The monoisotopic (exact) mass is 508 g/mol. The summed E-state index contributed by atoms with van der Waals surface area (Å²) >= 11 is 0. The van der Waals surface area contributed by atoms with Crippen LogP contribution < -0.4 is 11.1 Å². The fraction of sp³-hybridized carbons (Fsp3) is 0.321. The van der Waals surface area contributed by atoms with Crippen molar-refractivity contribution in [2.45, 2.75) is 45.3 Å². The molecule has 1 saturated heterocycles. The van der Waals surface area contributed by atoms with Gasteiger partial charge in [-0.3, -0.25) is 9.58 Å². The second-order valence-corrected chi connectivity index (χ2v) is 10.2. The zero-order valence-corrected chi connectivity index (χ0v) is 21.7. The maximum absolute atomic E-state index is 6.30. The third-order valence-electron chi connectivity index (χ3n) is 6.97. The SMILES string of the molecule is CC(C)Nc1ccc2nnc(-c3cc(-c4cnn(C5CCN(Cc6ccccc6)CC5)c4)cnc3N)n2n1. The van der Waals surface area contributed by atoms with Crippen LogP contribution in [0, 0.1) is 0 Å². The molecule has 3 N–H and O–H groups in total. The highest BCUT2D eigenvalue weighted by Crippen LogP contribution is 2.30. The van der Waals surface area contributed by atoms with Crippen LogP contribution in [0.15, 0.2) is 67.1 Å². The first-order chi connectivity index (χ1) is 18.5. The van der Waals surface area contributed by atoms with Gasteiger partial charge in [-0.15, -0.1) is 15.3 Å². The number of piperidine rings is 1. The molecule has 194 valence electrons. The number of benzene rings is 1. The summed E-state index contributed by atoms with van der Waals surface area (Å²) in [5.74, 6) is 1.68. The molecule has 5 aromatic rings. The predicted molar refractivity (Wildman–Crippen MR) is 148 cm³/mol. The summed E-state index contributed by atoms with van der Waals surface area (Å²) in [7, 11) is 0. The molecular weight excluding hydrogens is 476 g/mol. The highest BCUT2D eigenvalue weighted by molar-refractivity contribution is 5.76. The minimum Gasteiger partial charge on any atom is -0.383 e. The van der Waals surface area contributed by atoms with Crippen LogP contribution in [0.2, 0.25) is 0 Å². The van der Waals surface area contributed by atoms with Crippen molar-refractivity contribution in [3.8, 4) is 22.5 Å². The van der Waals surface area contributed by atoms with Crippen molar-refractivity contribution in [1.82, 2.24) is 39.5 Å². The number of anilines is 2. The third kappa shape index (κ3) is 4.95. The van der Waals surface area contributed by atoms with Gasteiger partial charge in [-0.2, -0.15) is 9.61 Å². The minimum atomic E-state index is 0.252. The molecule has 1 aliphatic heterocycles. The number of nitrogens with one attached hydrogen (secondary N) is 1. The van der Waals surface area contributed by atoms with Gasteiger partial charge >= 0.3 is 0 Å². The number of pyridine rings is 1. The highest BCUT2D eigenvalue weighted by Gasteiger charge is 2.22. The highest BCUT2D eigenvalue weighted by atomic mass is 15.4. The van der Waals surface area contributed by atoms with E-state index in [4.69, 9.17) is 10.8 Å². The smallest absolute Gasteiger partial charge is 0.189 e. The number of hydrogen-bond donors (Lipinski definition) is 2. The quantitative estimate of drug-likeness (QED) is 0.335. The van der Waals surface area contributed by atoms with E-state index in [1.54, 1.807) is 10.7 Å². The maximum atomic E-state index is 6.30. The fourth-order valence-corrected chi connectivity index (χ4v) is 5.01. The number of fused-ring (bicyclic) bond motifs is 1. The van der Waals surface area contributed by atoms with Gasteiger partial charge in [-0.25, -0.2) is 4.98 Å². The van der Waals surface area contributed by atoms with Crippen LogP contribution in [0.3, 0.4) is 0 Å². The normalized spacial score (nSPS) is 14.9. The van der Waals surface area contributed by atoms with Crippen LogP contribution in [-0.2, 0) is 6.54 Å². The summed E-state index contributed by atoms with van der Waals surface area (Å²) in [6.45, 7) is 7.25. The summed E-state index contributed by atoms with van der Waals surface area (Å²) in [4.78, 5) is 6.99. The zero-order valence-electron chi connectivity index (χ0n) is 21.7. The number of nitrogen functional groups attached to an aromatic ring is 1. The topological polar surface area (TPSA) is 115 Å². The van der Waals surface area contributed by atoms with E-state index in [0.29, 0.717) is 28.9 Å². The zero-order chi connectivity index (χ0) is 26.1. The molecule has 0 bridgehead atoms. The van der Waals surface area contributed by atoms with Gasteiger partial charge in [0, 0.05) is 49.2 Å². The summed E-state index contributed by atoms with van der Waals surface area (Å²) in [6.07, 6.45) is 7.94.